The third-order valence-electron chi connectivity index (χ3n) is 4.69. The minimum Gasteiger partial charge on any atom is -0.486 e. The Labute approximate surface area is 144 Å². The average molecular weight is 332 g/mol. The molecule has 5 heteroatoms. The monoisotopic (exact) mass is 332 g/mol. The van der Waals surface area contributed by atoms with Crippen LogP contribution in [0.15, 0.2) is 18.2 Å². The zero-order chi connectivity index (χ0) is 16.8. The van der Waals surface area contributed by atoms with E-state index in [0.29, 0.717) is 32.3 Å². The molecule has 5 nitrogen and oxygen atoms in total. The van der Waals surface area contributed by atoms with Crippen molar-refractivity contribution in [1.82, 2.24) is 10.2 Å². The first-order valence-electron chi connectivity index (χ1n) is 9.07. The van der Waals surface area contributed by atoms with E-state index in [1.54, 1.807) is 0 Å². The summed E-state index contributed by atoms with van der Waals surface area (Å²) < 4.78 is 11.2. The minimum absolute atomic E-state index is 0.127. The quantitative estimate of drug-likeness (QED) is 0.843. The van der Waals surface area contributed by atoms with Crippen molar-refractivity contribution >= 4 is 5.91 Å². The lowest BCUT2D eigenvalue weighted by atomic mass is 10.1. The summed E-state index contributed by atoms with van der Waals surface area (Å²) in [5.74, 6) is 1.73. The molecular formula is C19H28N2O3. The maximum atomic E-state index is 12.3. The molecule has 24 heavy (non-hydrogen) atoms. The van der Waals surface area contributed by atoms with Gasteiger partial charge in [-0.3, -0.25) is 9.69 Å². The number of nitrogens with zero attached hydrogens (tertiary/aromatic N) is 1. The Morgan fingerprint density at radius 1 is 1.12 bits per heavy atom. The highest BCUT2D eigenvalue weighted by molar-refractivity contribution is 5.78. The third kappa shape index (κ3) is 4.87. The summed E-state index contributed by atoms with van der Waals surface area (Å²) in [6, 6.07) is 6.35. The van der Waals surface area contributed by atoms with E-state index in [0.717, 1.165) is 29.9 Å². The minimum atomic E-state index is 0.127. The predicted octanol–water partition coefficient (Wildman–Crippen LogP) is 2.73. The lowest BCUT2D eigenvalue weighted by Crippen LogP contribution is -2.40. The van der Waals surface area contributed by atoms with E-state index in [9.17, 15) is 4.79 Å². The van der Waals surface area contributed by atoms with Gasteiger partial charge in [-0.15, -0.1) is 0 Å². The Kier molecular flexibility index (Phi) is 5.96. The van der Waals surface area contributed by atoms with Crippen molar-refractivity contribution < 1.29 is 14.3 Å². The molecular weight excluding hydrogens is 304 g/mol. The topological polar surface area (TPSA) is 50.8 Å². The number of ether oxygens (including phenoxy) is 2. The van der Waals surface area contributed by atoms with Crippen LogP contribution in [0.5, 0.6) is 11.5 Å². The van der Waals surface area contributed by atoms with Crippen LogP contribution in [0.25, 0.3) is 0 Å². The van der Waals surface area contributed by atoms with E-state index in [2.05, 4.69) is 5.32 Å². The highest BCUT2D eigenvalue weighted by Crippen LogP contribution is 2.31. The fraction of sp³-hybridized carbons (Fsp3) is 0.632. The van der Waals surface area contributed by atoms with Crippen LogP contribution in [0.2, 0.25) is 0 Å². The summed E-state index contributed by atoms with van der Waals surface area (Å²) in [5, 5.41) is 3.20. The van der Waals surface area contributed by atoms with Crippen molar-refractivity contribution in [3.8, 4) is 11.5 Å². The van der Waals surface area contributed by atoms with Crippen molar-refractivity contribution in [1.29, 1.82) is 0 Å². The normalized spacial score (nSPS) is 18.2. The highest BCUT2D eigenvalue weighted by Gasteiger charge is 2.16. The molecule has 0 saturated heterocycles. The number of carbonyl (C=O) groups is 1. The van der Waals surface area contributed by atoms with Gasteiger partial charge in [-0.05, 0) is 37.6 Å². The summed E-state index contributed by atoms with van der Waals surface area (Å²) in [6.07, 6.45) is 7.32. The summed E-state index contributed by atoms with van der Waals surface area (Å²) in [6.45, 7) is 2.34. The first-order chi connectivity index (χ1) is 11.7. The smallest absolute Gasteiger partial charge is 0.234 e. The van der Waals surface area contributed by atoms with Crippen LogP contribution in [-0.4, -0.2) is 43.7 Å². The fourth-order valence-corrected chi connectivity index (χ4v) is 3.50. The Morgan fingerprint density at radius 2 is 1.83 bits per heavy atom. The molecule has 1 aromatic rings. The molecule has 1 heterocycles. The van der Waals surface area contributed by atoms with Crippen molar-refractivity contribution in [2.45, 2.75) is 51.1 Å². The van der Waals surface area contributed by atoms with Crippen LogP contribution < -0.4 is 14.8 Å². The highest BCUT2D eigenvalue weighted by atomic mass is 16.6. The molecule has 0 bridgehead atoms. The number of amides is 1. The van der Waals surface area contributed by atoms with Gasteiger partial charge in [-0.1, -0.05) is 31.7 Å². The number of nitrogens with one attached hydrogen (secondary N) is 1. The molecule has 1 aliphatic heterocycles. The van der Waals surface area contributed by atoms with Crippen LogP contribution in [0, 0.1) is 0 Å². The second-order valence-corrected chi connectivity index (χ2v) is 6.91. The molecule has 1 fully saturated rings. The van der Waals surface area contributed by atoms with E-state index in [1.807, 2.05) is 30.1 Å². The molecule has 1 saturated carbocycles. The number of hydrogen-bond donors (Lipinski definition) is 1. The van der Waals surface area contributed by atoms with Crippen LogP contribution in [0.1, 0.15) is 44.1 Å². The van der Waals surface area contributed by atoms with E-state index >= 15 is 0 Å². The van der Waals surface area contributed by atoms with E-state index < -0.39 is 0 Å². The molecule has 0 aromatic heterocycles. The SMILES string of the molecule is CN(CC(=O)NC1CCCCCC1)Cc1ccc2c(c1)OCCO2. The number of hydrogen-bond acceptors (Lipinski definition) is 4. The number of fused-ring (bicyclic) bond motifs is 1. The summed E-state index contributed by atoms with van der Waals surface area (Å²) in [5.41, 5.74) is 1.13. The fourth-order valence-electron chi connectivity index (χ4n) is 3.50. The van der Waals surface area contributed by atoms with Crippen molar-refractivity contribution in [3.05, 3.63) is 23.8 Å². The Morgan fingerprint density at radius 3 is 2.58 bits per heavy atom. The van der Waals surface area contributed by atoms with E-state index in [-0.39, 0.29) is 5.91 Å². The molecule has 3 rings (SSSR count). The van der Waals surface area contributed by atoms with Gasteiger partial charge in [0.05, 0.1) is 6.54 Å². The molecule has 1 aromatic carbocycles. The molecule has 1 N–H and O–H groups in total. The number of carbonyl (C=O) groups excluding carboxylic acids is 1. The number of likely N-dealkylation sites (N-methyl/N-ethyl adjacent to an activating group) is 1. The van der Waals surface area contributed by atoms with Gasteiger partial charge in [0, 0.05) is 12.6 Å². The van der Waals surface area contributed by atoms with Crippen LogP contribution >= 0.6 is 0 Å². The number of rotatable bonds is 5. The third-order valence-corrected chi connectivity index (χ3v) is 4.69. The van der Waals surface area contributed by atoms with Crippen LogP contribution in [0.4, 0.5) is 0 Å². The zero-order valence-corrected chi connectivity index (χ0v) is 14.6. The van der Waals surface area contributed by atoms with Crippen molar-refractivity contribution in [2.75, 3.05) is 26.8 Å². The standard InChI is InChI=1S/C19H28N2O3/c1-21(14-19(22)20-16-6-4-2-3-5-7-16)13-15-8-9-17-18(12-15)24-11-10-23-17/h8-9,12,16H,2-7,10-11,13-14H2,1H3,(H,20,22). The zero-order valence-electron chi connectivity index (χ0n) is 14.6. The van der Waals surface area contributed by atoms with Crippen LogP contribution in [-0.2, 0) is 11.3 Å². The summed E-state index contributed by atoms with van der Waals surface area (Å²) >= 11 is 0. The molecule has 132 valence electrons. The Hall–Kier alpha value is -1.75. The van der Waals surface area contributed by atoms with Crippen molar-refractivity contribution in [2.24, 2.45) is 0 Å². The largest absolute Gasteiger partial charge is 0.486 e. The maximum absolute atomic E-state index is 12.3. The lowest BCUT2D eigenvalue weighted by molar-refractivity contribution is -0.122. The molecule has 0 radical (unpaired) electrons. The first kappa shape index (κ1) is 17.1. The van der Waals surface area contributed by atoms with Gasteiger partial charge in [0.1, 0.15) is 13.2 Å². The molecule has 2 aliphatic rings. The molecule has 0 spiro atoms. The van der Waals surface area contributed by atoms with Gasteiger partial charge in [0.15, 0.2) is 11.5 Å². The maximum Gasteiger partial charge on any atom is 0.234 e. The molecule has 0 unspecified atom stereocenters. The van der Waals surface area contributed by atoms with E-state index in [1.165, 1.54) is 25.7 Å². The number of benzene rings is 1. The average Bonchev–Trinajstić information content (AvgIpc) is 2.83. The molecule has 1 amide bonds. The van der Waals surface area contributed by atoms with Crippen LogP contribution in [0.3, 0.4) is 0 Å². The van der Waals surface area contributed by atoms with Gasteiger partial charge >= 0.3 is 0 Å². The molecule has 1 aliphatic carbocycles. The van der Waals surface area contributed by atoms with Gasteiger partial charge < -0.3 is 14.8 Å². The van der Waals surface area contributed by atoms with Gasteiger partial charge in [0.25, 0.3) is 0 Å². The van der Waals surface area contributed by atoms with Crippen molar-refractivity contribution in [3.63, 3.8) is 0 Å². The van der Waals surface area contributed by atoms with Gasteiger partial charge in [-0.2, -0.15) is 0 Å². The Bertz CT molecular complexity index is 554. The van der Waals surface area contributed by atoms with E-state index in [4.69, 9.17) is 9.47 Å². The summed E-state index contributed by atoms with van der Waals surface area (Å²) in [4.78, 5) is 14.3. The summed E-state index contributed by atoms with van der Waals surface area (Å²) in [7, 11) is 1.98. The predicted molar refractivity (Wildman–Crippen MR) is 93.4 cm³/mol. The lowest BCUT2D eigenvalue weighted by Gasteiger charge is -2.22. The Balaban J connectivity index is 1.47. The second kappa shape index (κ2) is 8.38. The van der Waals surface area contributed by atoms with Gasteiger partial charge in [-0.25, -0.2) is 0 Å². The second-order valence-electron chi connectivity index (χ2n) is 6.91. The first-order valence-corrected chi connectivity index (χ1v) is 9.07. The van der Waals surface area contributed by atoms with Gasteiger partial charge in [0.2, 0.25) is 5.91 Å². The molecule has 0 atom stereocenters.